The van der Waals surface area contributed by atoms with Crippen LogP contribution in [-0.2, 0) is 6.54 Å². The van der Waals surface area contributed by atoms with Gasteiger partial charge in [0.2, 0.25) is 5.89 Å². The van der Waals surface area contributed by atoms with E-state index >= 15 is 0 Å². The van der Waals surface area contributed by atoms with E-state index in [1.165, 1.54) is 24.3 Å². The molecule has 1 aromatic heterocycles. The minimum Gasteiger partial charge on any atom is -0.444 e. The van der Waals surface area contributed by atoms with Gasteiger partial charge < -0.3 is 9.32 Å². The molecule has 0 bridgehead atoms. The van der Waals surface area contributed by atoms with Crippen LogP contribution in [0.25, 0.3) is 11.5 Å². The van der Waals surface area contributed by atoms with E-state index in [1.807, 2.05) is 12.1 Å². The van der Waals surface area contributed by atoms with E-state index in [-0.39, 0.29) is 11.6 Å². The Bertz CT molecular complexity index is 894. The van der Waals surface area contributed by atoms with Crippen molar-refractivity contribution in [3.8, 4) is 11.5 Å². The summed E-state index contributed by atoms with van der Waals surface area (Å²) < 4.78 is 32.0. The second-order valence-corrected chi connectivity index (χ2v) is 6.75. The van der Waals surface area contributed by atoms with E-state index in [1.54, 1.807) is 18.4 Å². The van der Waals surface area contributed by atoms with E-state index < -0.39 is 0 Å². The lowest BCUT2D eigenvalue weighted by Gasteiger charge is -2.23. The maximum Gasteiger partial charge on any atom is 0.226 e. The molecular weight excluding hydrogens is 348 g/mol. The van der Waals surface area contributed by atoms with Crippen LogP contribution in [0.3, 0.4) is 0 Å². The van der Waals surface area contributed by atoms with E-state index in [0.29, 0.717) is 18.0 Å². The maximum atomic E-state index is 13.4. The van der Waals surface area contributed by atoms with E-state index in [4.69, 9.17) is 4.42 Å². The average Bonchev–Trinajstić information content (AvgIpc) is 3.01. The van der Waals surface area contributed by atoms with Gasteiger partial charge >= 0.3 is 0 Å². The van der Waals surface area contributed by atoms with E-state index in [0.717, 1.165) is 44.0 Å². The molecule has 27 heavy (non-hydrogen) atoms. The van der Waals surface area contributed by atoms with Gasteiger partial charge in [0.25, 0.3) is 0 Å². The van der Waals surface area contributed by atoms with Crippen molar-refractivity contribution < 1.29 is 13.2 Å². The number of anilines is 1. The molecule has 0 spiro atoms. The van der Waals surface area contributed by atoms with Gasteiger partial charge in [-0.1, -0.05) is 6.07 Å². The second-order valence-electron chi connectivity index (χ2n) is 6.75. The van der Waals surface area contributed by atoms with Gasteiger partial charge in [-0.05, 0) is 48.9 Å². The highest BCUT2D eigenvalue weighted by Gasteiger charge is 2.17. The first kappa shape index (κ1) is 17.7. The smallest absolute Gasteiger partial charge is 0.226 e. The van der Waals surface area contributed by atoms with Gasteiger partial charge in [-0.25, -0.2) is 13.8 Å². The van der Waals surface area contributed by atoms with Gasteiger partial charge in [0.05, 0.1) is 5.69 Å². The fraction of sp³-hybridized carbons (Fsp3) is 0.286. The van der Waals surface area contributed by atoms with Gasteiger partial charge in [-0.3, -0.25) is 4.90 Å². The molecular formula is C21H21F2N3O. The summed E-state index contributed by atoms with van der Waals surface area (Å²) in [5.41, 5.74) is 2.53. The molecule has 1 fully saturated rings. The first-order chi connectivity index (χ1) is 13.2. The normalized spacial score (nSPS) is 15.7. The van der Waals surface area contributed by atoms with Crippen molar-refractivity contribution in [2.75, 3.05) is 31.1 Å². The van der Waals surface area contributed by atoms with Crippen LogP contribution in [-0.4, -0.2) is 36.1 Å². The van der Waals surface area contributed by atoms with Crippen LogP contribution in [0, 0.1) is 11.6 Å². The largest absolute Gasteiger partial charge is 0.444 e. The van der Waals surface area contributed by atoms with Gasteiger partial charge in [0, 0.05) is 44.0 Å². The molecule has 4 rings (SSSR count). The first-order valence-electron chi connectivity index (χ1n) is 9.10. The van der Waals surface area contributed by atoms with Gasteiger partial charge in [-0.15, -0.1) is 0 Å². The Balaban J connectivity index is 1.38. The lowest BCUT2D eigenvalue weighted by atomic mass is 10.2. The van der Waals surface area contributed by atoms with Crippen LogP contribution in [0.15, 0.2) is 59.2 Å². The predicted molar refractivity (Wildman–Crippen MR) is 100 cm³/mol. The molecule has 6 heteroatoms. The summed E-state index contributed by atoms with van der Waals surface area (Å²) in [6, 6.07) is 12.9. The summed E-state index contributed by atoms with van der Waals surface area (Å²) >= 11 is 0. The molecule has 0 unspecified atom stereocenters. The fourth-order valence-corrected chi connectivity index (χ4v) is 3.40. The van der Waals surface area contributed by atoms with Crippen molar-refractivity contribution in [3.05, 3.63) is 72.1 Å². The van der Waals surface area contributed by atoms with Crippen LogP contribution in [0.1, 0.15) is 12.1 Å². The number of nitrogens with zero attached hydrogens (tertiary/aromatic N) is 3. The Hall–Kier alpha value is -2.73. The van der Waals surface area contributed by atoms with Crippen molar-refractivity contribution in [1.82, 2.24) is 9.88 Å². The molecule has 1 saturated heterocycles. The number of halogens is 2. The van der Waals surface area contributed by atoms with Crippen LogP contribution in [0.2, 0.25) is 0 Å². The zero-order valence-corrected chi connectivity index (χ0v) is 14.9. The third-order valence-electron chi connectivity index (χ3n) is 4.79. The number of oxazole rings is 1. The molecule has 140 valence electrons. The van der Waals surface area contributed by atoms with Crippen LogP contribution >= 0.6 is 0 Å². The summed E-state index contributed by atoms with van der Waals surface area (Å²) in [7, 11) is 0. The second kappa shape index (κ2) is 7.88. The summed E-state index contributed by atoms with van der Waals surface area (Å²) in [5.74, 6) is -0.0803. The average molecular weight is 369 g/mol. The monoisotopic (exact) mass is 369 g/mol. The molecule has 0 radical (unpaired) electrons. The van der Waals surface area contributed by atoms with Crippen molar-refractivity contribution in [3.63, 3.8) is 0 Å². The molecule has 1 aliphatic heterocycles. The zero-order valence-electron chi connectivity index (χ0n) is 14.9. The quantitative estimate of drug-likeness (QED) is 0.685. The molecule has 4 nitrogen and oxygen atoms in total. The molecule has 0 saturated carbocycles. The highest BCUT2D eigenvalue weighted by atomic mass is 19.1. The minimum atomic E-state index is -0.305. The Morgan fingerprint density at radius 3 is 2.59 bits per heavy atom. The van der Waals surface area contributed by atoms with Gasteiger partial charge in [0.1, 0.15) is 17.9 Å². The predicted octanol–water partition coefficient (Wildman–Crippen LogP) is 4.33. The Morgan fingerprint density at radius 1 is 0.926 bits per heavy atom. The Labute approximate surface area is 157 Å². The molecule has 2 heterocycles. The molecule has 0 aliphatic carbocycles. The topological polar surface area (TPSA) is 32.5 Å². The highest BCUT2D eigenvalue weighted by molar-refractivity contribution is 5.53. The molecule has 1 aliphatic rings. The molecule has 2 aromatic carbocycles. The zero-order chi connectivity index (χ0) is 18.6. The highest BCUT2D eigenvalue weighted by Crippen LogP contribution is 2.21. The van der Waals surface area contributed by atoms with E-state index in [2.05, 4.69) is 14.8 Å². The SMILES string of the molecule is Fc1ccc(N2CCCN(Cc3coc(-c4cccc(F)c4)n3)CC2)cc1. The number of benzene rings is 2. The molecule has 0 atom stereocenters. The maximum absolute atomic E-state index is 13.4. The third-order valence-corrected chi connectivity index (χ3v) is 4.79. The van der Waals surface area contributed by atoms with E-state index in [9.17, 15) is 8.78 Å². The lowest BCUT2D eigenvalue weighted by molar-refractivity contribution is 0.282. The summed E-state index contributed by atoms with van der Waals surface area (Å²) in [4.78, 5) is 9.11. The first-order valence-corrected chi connectivity index (χ1v) is 9.10. The summed E-state index contributed by atoms with van der Waals surface area (Å²) in [6.45, 7) is 4.35. The standard InChI is InChI=1S/C21H21F2N3O/c22-17-5-7-20(8-6-17)26-10-2-9-25(11-12-26)14-19-15-27-21(24-19)16-3-1-4-18(23)13-16/h1,3-8,13,15H,2,9-12,14H2. The van der Waals surface area contributed by atoms with Gasteiger partial charge in [0.15, 0.2) is 0 Å². The van der Waals surface area contributed by atoms with Crippen LogP contribution < -0.4 is 4.90 Å². The number of hydrogen-bond acceptors (Lipinski definition) is 4. The number of aromatic nitrogens is 1. The fourth-order valence-electron chi connectivity index (χ4n) is 3.40. The molecule has 3 aromatic rings. The Morgan fingerprint density at radius 2 is 1.78 bits per heavy atom. The third kappa shape index (κ3) is 4.34. The summed E-state index contributed by atoms with van der Waals surface area (Å²) in [6.07, 6.45) is 2.66. The van der Waals surface area contributed by atoms with Gasteiger partial charge in [-0.2, -0.15) is 0 Å². The van der Waals surface area contributed by atoms with Crippen LogP contribution in [0.5, 0.6) is 0 Å². The summed E-state index contributed by atoms with van der Waals surface area (Å²) in [5, 5.41) is 0. The number of rotatable bonds is 4. The van der Waals surface area contributed by atoms with Crippen molar-refractivity contribution >= 4 is 5.69 Å². The van der Waals surface area contributed by atoms with Crippen molar-refractivity contribution in [1.29, 1.82) is 0 Å². The van der Waals surface area contributed by atoms with Crippen molar-refractivity contribution in [2.45, 2.75) is 13.0 Å². The minimum absolute atomic E-state index is 0.213. The Kier molecular flexibility index (Phi) is 5.16. The molecule has 0 N–H and O–H groups in total. The van der Waals surface area contributed by atoms with Crippen molar-refractivity contribution in [2.24, 2.45) is 0 Å². The van der Waals surface area contributed by atoms with Crippen LogP contribution in [0.4, 0.5) is 14.5 Å². The lowest BCUT2D eigenvalue weighted by Crippen LogP contribution is -2.30. The number of hydrogen-bond donors (Lipinski definition) is 0. The molecule has 0 amide bonds.